The highest BCUT2D eigenvalue weighted by atomic mass is 16.3. The van der Waals surface area contributed by atoms with Crippen LogP contribution in [0.15, 0.2) is 0 Å². The minimum absolute atomic E-state index is 0.0167. The van der Waals surface area contributed by atoms with Gasteiger partial charge in [0.15, 0.2) is 0 Å². The highest BCUT2D eigenvalue weighted by Gasteiger charge is 2.42. The van der Waals surface area contributed by atoms with Gasteiger partial charge in [0.05, 0.1) is 12.0 Å². The summed E-state index contributed by atoms with van der Waals surface area (Å²) in [5.74, 6) is -0.223. The van der Waals surface area contributed by atoms with Crippen LogP contribution in [0, 0.1) is 5.92 Å². The highest BCUT2D eigenvalue weighted by molar-refractivity contribution is 5.77. The monoisotopic (exact) mass is 338 g/mol. The molecule has 0 aromatic rings. The van der Waals surface area contributed by atoms with E-state index in [1.807, 2.05) is 4.90 Å². The van der Waals surface area contributed by atoms with Crippen LogP contribution in [0.1, 0.15) is 44.9 Å². The number of hydrogen-bond donors (Lipinski definition) is 3. The summed E-state index contributed by atoms with van der Waals surface area (Å²) in [7, 11) is 0. The van der Waals surface area contributed by atoms with Gasteiger partial charge in [-0.2, -0.15) is 0 Å². The van der Waals surface area contributed by atoms with Crippen molar-refractivity contribution >= 4 is 11.9 Å². The number of nitrogens with two attached hydrogens (primary N) is 1. The Labute approximate surface area is 143 Å². The summed E-state index contributed by atoms with van der Waals surface area (Å²) in [6.07, 6.45) is 5.99. The maximum absolute atomic E-state index is 12.4. The van der Waals surface area contributed by atoms with Crippen LogP contribution in [0.5, 0.6) is 0 Å². The second-order valence-corrected chi connectivity index (χ2v) is 7.55. The minimum atomic E-state index is -0.246. The first-order chi connectivity index (χ1) is 11.5. The number of urea groups is 1. The molecule has 3 amide bonds. The molecule has 0 aliphatic carbocycles. The van der Waals surface area contributed by atoms with Crippen molar-refractivity contribution in [2.75, 3.05) is 26.2 Å². The summed E-state index contributed by atoms with van der Waals surface area (Å²) < 4.78 is 0. The molecule has 3 saturated heterocycles. The lowest BCUT2D eigenvalue weighted by molar-refractivity contribution is -0.123. The number of primary amides is 1. The fourth-order valence-electron chi connectivity index (χ4n) is 4.56. The maximum atomic E-state index is 12.4. The minimum Gasteiger partial charge on any atom is -0.393 e. The van der Waals surface area contributed by atoms with Crippen molar-refractivity contribution in [1.29, 1.82) is 0 Å². The van der Waals surface area contributed by atoms with Crippen LogP contribution in [0.25, 0.3) is 0 Å². The van der Waals surface area contributed by atoms with Gasteiger partial charge >= 0.3 is 6.03 Å². The number of hydrogen-bond acceptors (Lipinski definition) is 4. The Morgan fingerprint density at radius 2 is 1.88 bits per heavy atom. The van der Waals surface area contributed by atoms with E-state index in [0.717, 1.165) is 51.7 Å². The van der Waals surface area contributed by atoms with Crippen LogP contribution in [0.3, 0.4) is 0 Å². The first-order valence-electron chi connectivity index (χ1n) is 9.30. The number of nitrogens with one attached hydrogen (secondary N) is 1. The molecule has 3 atom stereocenters. The van der Waals surface area contributed by atoms with Crippen molar-refractivity contribution in [3.8, 4) is 0 Å². The average Bonchev–Trinajstić information content (AvgIpc) is 2.83. The molecule has 0 radical (unpaired) electrons. The molecule has 0 saturated carbocycles. The number of amides is 3. The lowest BCUT2D eigenvalue weighted by Crippen LogP contribution is -2.52. The summed E-state index contributed by atoms with van der Waals surface area (Å²) in [5, 5.41) is 12.8. The van der Waals surface area contributed by atoms with Gasteiger partial charge in [-0.25, -0.2) is 4.79 Å². The number of aliphatic hydroxyl groups excluding tert-OH is 1. The van der Waals surface area contributed by atoms with Crippen LogP contribution in [-0.2, 0) is 4.79 Å². The van der Waals surface area contributed by atoms with Crippen LogP contribution in [0.2, 0.25) is 0 Å². The molecule has 7 heteroatoms. The molecule has 0 aromatic heterocycles. The van der Waals surface area contributed by atoms with E-state index in [2.05, 4.69) is 10.2 Å². The zero-order valence-corrected chi connectivity index (χ0v) is 14.3. The van der Waals surface area contributed by atoms with E-state index in [4.69, 9.17) is 5.73 Å². The first-order valence-corrected chi connectivity index (χ1v) is 9.30. The second kappa shape index (κ2) is 7.70. The summed E-state index contributed by atoms with van der Waals surface area (Å²) in [5.41, 5.74) is 5.40. The van der Waals surface area contributed by atoms with E-state index >= 15 is 0 Å². The fourth-order valence-corrected chi connectivity index (χ4v) is 4.56. The second-order valence-electron chi connectivity index (χ2n) is 7.55. The quantitative estimate of drug-likeness (QED) is 0.627. The standard InChI is InChI=1S/C17H30N4O3/c18-16(23)12-3-1-7-20(11-12)8-2-6-19-17(24)21-13-4-5-14(21)10-15(22)9-13/h12-15,22H,1-11H2,(H2,18,23)(H,19,24). The van der Waals surface area contributed by atoms with Gasteiger partial charge in [0.2, 0.25) is 5.91 Å². The molecule has 4 N–H and O–H groups in total. The molecule has 7 nitrogen and oxygen atoms in total. The Kier molecular flexibility index (Phi) is 5.61. The number of fused-ring (bicyclic) bond motifs is 2. The van der Waals surface area contributed by atoms with Gasteiger partial charge in [-0.05, 0) is 58.0 Å². The number of rotatable bonds is 5. The molecule has 2 bridgehead atoms. The molecule has 0 aromatic carbocycles. The Bertz CT molecular complexity index is 459. The Balaban J connectivity index is 1.36. The van der Waals surface area contributed by atoms with Crippen molar-refractivity contribution < 1.29 is 14.7 Å². The molecule has 3 heterocycles. The van der Waals surface area contributed by atoms with Crippen LogP contribution in [0.4, 0.5) is 4.79 Å². The summed E-state index contributed by atoms with van der Waals surface area (Å²) in [6.45, 7) is 3.29. The zero-order valence-electron chi connectivity index (χ0n) is 14.3. The molecule has 3 fully saturated rings. The van der Waals surface area contributed by atoms with E-state index in [1.54, 1.807) is 0 Å². The Morgan fingerprint density at radius 1 is 1.17 bits per heavy atom. The van der Waals surface area contributed by atoms with Crippen molar-refractivity contribution in [2.45, 2.75) is 63.1 Å². The van der Waals surface area contributed by atoms with Gasteiger partial charge in [-0.15, -0.1) is 0 Å². The topological polar surface area (TPSA) is 98.9 Å². The Hall–Kier alpha value is -1.34. The van der Waals surface area contributed by atoms with E-state index < -0.39 is 0 Å². The molecule has 3 aliphatic rings. The predicted octanol–water partition coefficient (Wildman–Crippen LogP) is 0.271. The number of piperidine rings is 2. The largest absolute Gasteiger partial charge is 0.393 e. The molecule has 0 spiro atoms. The SMILES string of the molecule is NC(=O)C1CCCN(CCCNC(=O)N2C3CCC2CC(O)C3)C1. The van der Waals surface area contributed by atoms with Crippen molar-refractivity contribution in [1.82, 2.24) is 15.1 Å². The highest BCUT2D eigenvalue weighted by Crippen LogP contribution is 2.35. The maximum Gasteiger partial charge on any atom is 0.317 e. The zero-order chi connectivity index (χ0) is 17.1. The normalized spacial score (nSPS) is 33.5. The summed E-state index contributed by atoms with van der Waals surface area (Å²) in [4.78, 5) is 27.9. The van der Waals surface area contributed by atoms with Gasteiger partial charge < -0.3 is 26.0 Å². The molecule has 3 aliphatic heterocycles. The van der Waals surface area contributed by atoms with Crippen LogP contribution >= 0.6 is 0 Å². The van der Waals surface area contributed by atoms with Gasteiger partial charge in [0.25, 0.3) is 0 Å². The fraction of sp³-hybridized carbons (Fsp3) is 0.882. The third kappa shape index (κ3) is 4.00. The van der Waals surface area contributed by atoms with Gasteiger partial charge in [0.1, 0.15) is 0 Å². The smallest absolute Gasteiger partial charge is 0.317 e. The van der Waals surface area contributed by atoms with Crippen LogP contribution < -0.4 is 11.1 Å². The predicted molar refractivity (Wildman–Crippen MR) is 90.3 cm³/mol. The van der Waals surface area contributed by atoms with Crippen LogP contribution in [-0.4, -0.2) is 71.2 Å². The van der Waals surface area contributed by atoms with E-state index in [9.17, 15) is 14.7 Å². The molecule has 136 valence electrons. The molecular weight excluding hydrogens is 308 g/mol. The number of aliphatic hydroxyl groups is 1. The van der Waals surface area contributed by atoms with Crippen molar-refractivity contribution in [3.63, 3.8) is 0 Å². The van der Waals surface area contributed by atoms with E-state index in [0.29, 0.717) is 19.4 Å². The third-order valence-electron chi connectivity index (χ3n) is 5.78. The lowest BCUT2D eigenvalue weighted by atomic mass is 9.97. The lowest BCUT2D eigenvalue weighted by Gasteiger charge is -2.37. The molecule has 24 heavy (non-hydrogen) atoms. The molecular formula is C17H30N4O3. The molecule has 3 unspecified atom stereocenters. The number of carbonyl (C=O) groups excluding carboxylic acids is 2. The van der Waals surface area contributed by atoms with Crippen molar-refractivity contribution in [2.24, 2.45) is 11.7 Å². The van der Waals surface area contributed by atoms with Gasteiger partial charge in [-0.1, -0.05) is 0 Å². The average molecular weight is 338 g/mol. The number of likely N-dealkylation sites (tertiary alicyclic amines) is 1. The third-order valence-corrected chi connectivity index (χ3v) is 5.78. The van der Waals surface area contributed by atoms with Gasteiger partial charge in [0, 0.05) is 25.2 Å². The number of carbonyl (C=O) groups is 2. The summed E-state index contributed by atoms with van der Waals surface area (Å²) >= 11 is 0. The summed E-state index contributed by atoms with van der Waals surface area (Å²) in [6, 6.07) is 0.428. The van der Waals surface area contributed by atoms with E-state index in [1.165, 1.54) is 0 Å². The first kappa shape index (κ1) is 17.5. The number of nitrogens with zero attached hydrogens (tertiary/aromatic N) is 2. The Morgan fingerprint density at radius 3 is 2.54 bits per heavy atom. The van der Waals surface area contributed by atoms with Gasteiger partial charge in [-0.3, -0.25) is 4.79 Å². The molecule has 3 rings (SSSR count). The van der Waals surface area contributed by atoms with E-state index in [-0.39, 0.29) is 36.0 Å². The van der Waals surface area contributed by atoms with Crippen molar-refractivity contribution in [3.05, 3.63) is 0 Å².